The minimum Gasteiger partial charge on any atom is -0.336 e. The standard InChI is InChI=1S/C18H24N4O2.ClH/c1-2-4-14-16-13(18(23)22-8-3-5-12(22)10-19)9-15(11-6-7-11)20-17(16)24-21-14;/h9,11-12H,2-8,10,19H2,1H3;1H. The number of aromatic nitrogens is 2. The van der Waals surface area contributed by atoms with Crippen molar-refractivity contribution in [1.29, 1.82) is 0 Å². The minimum atomic E-state index is 0. The third-order valence-corrected chi connectivity index (χ3v) is 5.16. The first-order chi connectivity index (χ1) is 11.7. The number of carbonyl (C=O) groups excluding carboxylic acids is 1. The molecule has 6 nitrogen and oxygen atoms in total. The van der Waals surface area contributed by atoms with E-state index in [1.54, 1.807) is 0 Å². The number of amides is 1. The molecule has 136 valence electrons. The summed E-state index contributed by atoms with van der Waals surface area (Å²) in [7, 11) is 0. The predicted octanol–water partition coefficient (Wildman–Crippen LogP) is 3.04. The Morgan fingerprint density at radius 1 is 1.40 bits per heavy atom. The second-order valence-electron chi connectivity index (χ2n) is 6.96. The molecule has 4 rings (SSSR count). The fourth-order valence-electron chi connectivity index (χ4n) is 3.70. The van der Waals surface area contributed by atoms with Crippen LogP contribution in [0.25, 0.3) is 11.1 Å². The number of hydrogen-bond donors (Lipinski definition) is 1. The van der Waals surface area contributed by atoms with Crippen molar-refractivity contribution in [3.8, 4) is 0 Å². The van der Waals surface area contributed by atoms with E-state index in [9.17, 15) is 4.79 Å². The number of nitrogens with zero attached hydrogens (tertiary/aromatic N) is 3. The zero-order chi connectivity index (χ0) is 16.7. The number of pyridine rings is 1. The summed E-state index contributed by atoms with van der Waals surface area (Å²) in [5, 5.41) is 4.98. The third kappa shape index (κ3) is 3.25. The normalized spacial score (nSPS) is 20.1. The second kappa shape index (κ2) is 7.30. The van der Waals surface area contributed by atoms with Gasteiger partial charge in [0, 0.05) is 30.7 Å². The zero-order valence-corrected chi connectivity index (χ0v) is 15.3. The summed E-state index contributed by atoms with van der Waals surface area (Å²) >= 11 is 0. The van der Waals surface area contributed by atoms with Gasteiger partial charge in [0.15, 0.2) is 0 Å². The van der Waals surface area contributed by atoms with E-state index in [0.29, 0.717) is 23.7 Å². The topological polar surface area (TPSA) is 85.2 Å². The maximum atomic E-state index is 13.3. The summed E-state index contributed by atoms with van der Waals surface area (Å²) < 4.78 is 5.47. The van der Waals surface area contributed by atoms with Crippen molar-refractivity contribution in [3.05, 3.63) is 23.0 Å². The smallest absolute Gasteiger partial charge is 0.259 e. The predicted molar refractivity (Wildman–Crippen MR) is 98.1 cm³/mol. The minimum absolute atomic E-state index is 0. The molecular weight excluding hydrogens is 340 g/mol. The van der Waals surface area contributed by atoms with Crippen molar-refractivity contribution in [2.75, 3.05) is 13.1 Å². The molecule has 1 atom stereocenters. The Labute approximate surface area is 153 Å². The lowest BCUT2D eigenvalue weighted by atomic mass is 10.0. The maximum absolute atomic E-state index is 13.3. The second-order valence-corrected chi connectivity index (χ2v) is 6.96. The highest BCUT2D eigenvalue weighted by Crippen LogP contribution is 2.41. The van der Waals surface area contributed by atoms with Gasteiger partial charge in [-0.25, -0.2) is 4.98 Å². The van der Waals surface area contributed by atoms with Crippen molar-refractivity contribution in [1.82, 2.24) is 15.0 Å². The van der Waals surface area contributed by atoms with Crippen LogP contribution in [0.2, 0.25) is 0 Å². The molecule has 1 saturated heterocycles. The Hall–Kier alpha value is -1.66. The van der Waals surface area contributed by atoms with Crippen LogP contribution in [0, 0.1) is 0 Å². The summed E-state index contributed by atoms with van der Waals surface area (Å²) in [5.41, 5.74) is 8.88. The van der Waals surface area contributed by atoms with Gasteiger partial charge in [0.25, 0.3) is 11.6 Å². The molecule has 0 spiro atoms. The van der Waals surface area contributed by atoms with E-state index in [1.165, 1.54) is 0 Å². The average Bonchev–Trinajstić information content (AvgIpc) is 3.21. The first-order valence-corrected chi connectivity index (χ1v) is 9.03. The largest absolute Gasteiger partial charge is 0.336 e. The SMILES string of the molecule is CCCc1noc2nc(C3CC3)cc(C(=O)N3CCCC3CN)c12.Cl. The van der Waals surface area contributed by atoms with Gasteiger partial charge in [0.05, 0.1) is 16.6 Å². The van der Waals surface area contributed by atoms with Gasteiger partial charge in [-0.05, 0) is 38.2 Å². The van der Waals surface area contributed by atoms with Crippen molar-refractivity contribution >= 4 is 29.4 Å². The van der Waals surface area contributed by atoms with Crippen LogP contribution in [0.3, 0.4) is 0 Å². The van der Waals surface area contributed by atoms with Crippen molar-refractivity contribution < 1.29 is 9.32 Å². The van der Waals surface area contributed by atoms with Crippen LogP contribution >= 0.6 is 12.4 Å². The Balaban J connectivity index is 0.00000182. The number of aryl methyl sites for hydroxylation is 1. The van der Waals surface area contributed by atoms with E-state index < -0.39 is 0 Å². The van der Waals surface area contributed by atoms with Crippen LogP contribution in [0.15, 0.2) is 10.6 Å². The molecule has 1 saturated carbocycles. The van der Waals surface area contributed by atoms with E-state index in [-0.39, 0.29) is 24.4 Å². The zero-order valence-electron chi connectivity index (χ0n) is 14.5. The number of rotatable bonds is 5. The molecule has 25 heavy (non-hydrogen) atoms. The number of hydrogen-bond acceptors (Lipinski definition) is 5. The summed E-state index contributed by atoms with van der Waals surface area (Å²) in [6, 6.07) is 2.12. The van der Waals surface area contributed by atoms with Crippen LogP contribution < -0.4 is 5.73 Å². The summed E-state index contributed by atoms with van der Waals surface area (Å²) in [5.74, 6) is 0.516. The third-order valence-electron chi connectivity index (χ3n) is 5.16. The molecule has 0 bridgehead atoms. The lowest BCUT2D eigenvalue weighted by Gasteiger charge is -2.24. The van der Waals surface area contributed by atoms with Crippen molar-refractivity contribution in [3.63, 3.8) is 0 Å². The van der Waals surface area contributed by atoms with E-state index in [2.05, 4.69) is 17.1 Å². The van der Waals surface area contributed by atoms with Gasteiger partial charge in [-0.3, -0.25) is 4.79 Å². The van der Waals surface area contributed by atoms with Crippen LogP contribution in [0.1, 0.15) is 66.7 Å². The van der Waals surface area contributed by atoms with Crippen LogP contribution in [-0.2, 0) is 6.42 Å². The van der Waals surface area contributed by atoms with Gasteiger partial charge in [0.2, 0.25) is 0 Å². The lowest BCUT2D eigenvalue weighted by molar-refractivity contribution is 0.0743. The molecule has 3 heterocycles. The molecule has 0 aromatic carbocycles. The maximum Gasteiger partial charge on any atom is 0.259 e. The van der Waals surface area contributed by atoms with Gasteiger partial charge in [-0.15, -0.1) is 12.4 Å². The fraction of sp³-hybridized carbons (Fsp3) is 0.611. The number of halogens is 1. The van der Waals surface area contributed by atoms with Crippen molar-refractivity contribution in [2.24, 2.45) is 5.73 Å². The molecule has 2 aromatic rings. The molecule has 1 aliphatic carbocycles. The average molecular weight is 365 g/mol. The highest BCUT2D eigenvalue weighted by molar-refractivity contribution is 6.06. The molecule has 1 aliphatic heterocycles. The van der Waals surface area contributed by atoms with E-state index in [1.807, 2.05) is 11.0 Å². The quantitative estimate of drug-likeness (QED) is 0.881. The molecule has 2 aliphatic rings. The Kier molecular flexibility index (Phi) is 5.29. The van der Waals surface area contributed by atoms with Gasteiger partial charge >= 0.3 is 0 Å². The summed E-state index contributed by atoms with van der Waals surface area (Å²) in [6.45, 7) is 3.39. The molecule has 0 radical (unpaired) electrons. The van der Waals surface area contributed by atoms with Gasteiger partial charge < -0.3 is 15.2 Å². The highest BCUT2D eigenvalue weighted by Gasteiger charge is 2.33. The molecule has 1 amide bonds. The molecule has 2 aromatic heterocycles. The molecule has 2 N–H and O–H groups in total. The van der Waals surface area contributed by atoms with Crippen molar-refractivity contribution in [2.45, 2.75) is 57.4 Å². The first-order valence-electron chi connectivity index (χ1n) is 9.03. The number of fused-ring (bicyclic) bond motifs is 1. The van der Waals surface area contributed by atoms with E-state index >= 15 is 0 Å². The summed E-state index contributed by atoms with van der Waals surface area (Å²) in [4.78, 5) is 19.8. The van der Waals surface area contributed by atoms with Gasteiger partial charge in [-0.1, -0.05) is 18.5 Å². The first kappa shape index (κ1) is 18.1. The van der Waals surface area contributed by atoms with E-state index in [4.69, 9.17) is 10.3 Å². The number of likely N-dealkylation sites (tertiary alicyclic amines) is 1. The van der Waals surface area contributed by atoms with E-state index in [0.717, 1.165) is 61.8 Å². The Morgan fingerprint density at radius 2 is 2.20 bits per heavy atom. The lowest BCUT2D eigenvalue weighted by Crippen LogP contribution is -2.40. The Morgan fingerprint density at radius 3 is 2.88 bits per heavy atom. The van der Waals surface area contributed by atoms with Crippen LogP contribution in [-0.4, -0.2) is 40.1 Å². The van der Waals surface area contributed by atoms with Crippen LogP contribution in [0.4, 0.5) is 0 Å². The highest BCUT2D eigenvalue weighted by atomic mass is 35.5. The fourth-order valence-corrected chi connectivity index (χ4v) is 3.70. The summed E-state index contributed by atoms with van der Waals surface area (Å²) in [6.07, 6.45) is 6.02. The van der Waals surface area contributed by atoms with Gasteiger partial charge in [-0.2, -0.15) is 0 Å². The molecule has 1 unspecified atom stereocenters. The molecule has 7 heteroatoms. The monoisotopic (exact) mass is 364 g/mol. The molecular formula is C18H25ClN4O2. The molecule has 2 fully saturated rings. The Bertz CT molecular complexity index is 772. The van der Waals surface area contributed by atoms with Gasteiger partial charge in [0.1, 0.15) is 0 Å². The number of nitrogens with two attached hydrogens (primary N) is 1. The number of carbonyl (C=O) groups is 1. The van der Waals surface area contributed by atoms with Crippen LogP contribution in [0.5, 0.6) is 0 Å².